The molecule has 1 aromatic heterocycles. The lowest BCUT2D eigenvalue weighted by molar-refractivity contribution is -0.113. The first kappa shape index (κ1) is 23.3. The van der Waals surface area contributed by atoms with Crippen LogP contribution in [-0.2, 0) is 10.2 Å². The third kappa shape index (κ3) is 5.47. The van der Waals surface area contributed by atoms with Crippen molar-refractivity contribution in [1.29, 1.82) is 0 Å². The number of rotatable bonds is 6. The van der Waals surface area contributed by atoms with Gasteiger partial charge in [0.2, 0.25) is 11.1 Å². The first-order valence-corrected chi connectivity index (χ1v) is 11.1. The van der Waals surface area contributed by atoms with Gasteiger partial charge < -0.3 is 16.1 Å². The molecule has 3 N–H and O–H groups in total. The highest BCUT2D eigenvalue weighted by Gasteiger charge is 2.17. The van der Waals surface area contributed by atoms with Gasteiger partial charge in [0.25, 0.3) is 5.91 Å². The van der Waals surface area contributed by atoms with Crippen LogP contribution in [0.5, 0.6) is 0 Å². The molecular formula is C23H28N6O2S. The molecule has 0 bridgehead atoms. The summed E-state index contributed by atoms with van der Waals surface area (Å²) in [7, 11) is 3.38. The summed E-state index contributed by atoms with van der Waals surface area (Å²) >= 11 is 1.20. The lowest BCUT2D eigenvalue weighted by atomic mass is 9.87. The van der Waals surface area contributed by atoms with E-state index in [9.17, 15) is 9.59 Å². The summed E-state index contributed by atoms with van der Waals surface area (Å²) < 4.78 is 1.39. The van der Waals surface area contributed by atoms with Crippen LogP contribution in [0.25, 0.3) is 11.4 Å². The Hall–Kier alpha value is -3.33. The number of thioether (sulfide) groups is 1. The molecule has 9 heteroatoms. The van der Waals surface area contributed by atoms with Crippen LogP contribution in [0.3, 0.4) is 0 Å². The quantitative estimate of drug-likeness (QED) is 0.439. The Kier molecular flexibility index (Phi) is 6.88. The first-order chi connectivity index (χ1) is 15.1. The van der Waals surface area contributed by atoms with Crippen molar-refractivity contribution in [3.8, 4) is 11.4 Å². The maximum Gasteiger partial charge on any atom is 0.253 e. The summed E-state index contributed by atoms with van der Waals surface area (Å²) in [5.74, 6) is 6.53. The van der Waals surface area contributed by atoms with Gasteiger partial charge in [-0.15, -0.1) is 10.2 Å². The zero-order valence-corrected chi connectivity index (χ0v) is 19.7. The van der Waals surface area contributed by atoms with Crippen molar-refractivity contribution in [2.75, 3.05) is 31.0 Å². The highest BCUT2D eigenvalue weighted by molar-refractivity contribution is 7.99. The predicted molar refractivity (Wildman–Crippen MR) is 128 cm³/mol. The second kappa shape index (κ2) is 9.44. The number of nitrogen functional groups attached to an aromatic ring is 1. The fraction of sp³-hybridized carbons (Fsp3) is 0.304. The zero-order valence-electron chi connectivity index (χ0n) is 18.9. The first-order valence-electron chi connectivity index (χ1n) is 10.1. The highest BCUT2D eigenvalue weighted by atomic mass is 32.2. The number of hydrogen-bond donors (Lipinski definition) is 2. The van der Waals surface area contributed by atoms with E-state index in [2.05, 4.69) is 48.4 Å². The van der Waals surface area contributed by atoms with E-state index in [-0.39, 0.29) is 23.0 Å². The van der Waals surface area contributed by atoms with Gasteiger partial charge in [-0.3, -0.25) is 9.59 Å². The van der Waals surface area contributed by atoms with Crippen LogP contribution in [0.15, 0.2) is 53.7 Å². The van der Waals surface area contributed by atoms with Gasteiger partial charge in [0.15, 0.2) is 5.82 Å². The molecule has 0 atom stereocenters. The van der Waals surface area contributed by atoms with Crippen LogP contribution >= 0.6 is 11.8 Å². The molecule has 3 rings (SSSR count). The monoisotopic (exact) mass is 452 g/mol. The van der Waals surface area contributed by atoms with E-state index in [1.165, 1.54) is 26.9 Å². The van der Waals surface area contributed by atoms with Crippen LogP contribution < -0.4 is 11.2 Å². The number of nitrogens with zero attached hydrogens (tertiary/aromatic N) is 4. The van der Waals surface area contributed by atoms with Crippen molar-refractivity contribution in [3.63, 3.8) is 0 Å². The average molecular weight is 453 g/mol. The third-order valence-corrected chi connectivity index (χ3v) is 5.77. The molecule has 0 saturated heterocycles. The number of carbonyl (C=O) groups excluding carboxylic acids is 2. The lowest BCUT2D eigenvalue weighted by Gasteiger charge is -2.19. The van der Waals surface area contributed by atoms with Crippen molar-refractivity contribution in [2.45, 2.75) is 31.3 Å². The lowest BCUT2D eigenvalue weighted by Crippen LogP contribution is -2.21. The molecule has 0 unspecified atom stereocenters. The fourth-order valence-electron chi connectivity index (χ4n) is 2.97. The SMILES string of the molecule is CN(C)C(=O)c1ccc(NC(=O)CSc2nnc(-c3ccc(C(C)(C)C)cc3)n2N)cc1. The standard InChI is InChI=1S/C23H28N6O2S/c1-23(2,3)17-10-6-15(7-11-17)20-26-27-22(29(20)24)32-14-19(30)25-18-12-8-16(9-13-18)21(31)28(4)5/h6-13H,14,24H2,1-5H3,(H,25,30). The summed E-state index contributed by atoms with van der Waals surface area (Å²) in [6.45, 7) is 6.47. The number of hydrogen-bond acceptors (Lipinski definition) is 6. The summed E-state index contributed by atoms with van der Waals surface area (Å²) in [5, 5.41) is 11.5. The minimum Gasteiger partial charge on any atom is -0.345 e. The van der Waals surface area contributed by atoms with Gasteiger partial charge in [-0.05, 0) is 35.2 Å². The van der Waals surface area contributed by atoms with Crippen LogP contribution in [0.4, 0.5) is 5.69 Å². The molecule has 0 fully saturated rings. The van der Waals surface area contributed by atoms with Gasteiger partial charge in [-0.1, -0.05) is 56.8 Å². The fourth-order valence-corrected chi connectivity index (χ4v) is 3.63. The number of amides is 2. The molecule has 0 aliphatic rings. The minimum atomic E-state index is -0.208. The normalized spacial score (nSPS) is 11.3. The highest BCUT2D eigenvalue weighted by Crippen LogP contribution is 2.26. The van der Waals surface area contributed by atoms with Crippen molar-refractivity contribution in [2.24, 2.45) is 0 Å². The van der Waals surface area contributed by atoms with E-state index < -0.39 is 0 Å². The third-order valence-electron chi connectivity index (χ3n) is 4.83. The molecule has 2 amide bonds. The predicted octanol–water partition coefficient (Wildman–Crippen LogP) is 3.39. The molecule has 0 radical (unpaired) electrons. The maximum absolute atomic E-state index is 12.3. The van der Waals surface area contributed by atoms with Gasteiger partial charge >= 0.3 is 0 Å². The number of benzene rings is 2. The number of aromatic nitrogens is 3. The molecule has 32 heavy (non-hydrogen) atoms. The van der Waals surface area contributed by atoms with Crippen LogP contribution in [0.1, 0.15) is 36.7 Å². The second-order valence-corrected chi connectivity index (χ2v) is 9.56. The van der Waals surface area contributed by atoms with Gasteiger partial charge in [-0.25, -0.2) is 4.68 Å². The Balaban J connectivity index is 1.60. The molecule has 0 spiro atoms. The van der Waals surface area contributed by atoms with Gasteiger partial charge in [0.1, 0.15) is 0 Å². The van der Waals surface area contributed by atoms with Crippen LogP contribution in [0.2, 0.25) is 0 Å². The number of carbonyl (C=O) groups is 2. The minimum absolute atomic E-state index is 0.0610. The van der Waals surface area contributed by atoms with Crippen LogP contribution in [0, 0.1) is 0 Å². The van der Waals surface area contributed by atoms with Gasteiger partial charge in [-0.2, -0.15) is 0 Å². The molecule has 2 aromatic carbocycles. The van der Waals surface area contributed by atoms with E-state index in [4.69, 9.17) is 5.84 Å². The summed E-state index contributed by atoms with van der Waals surface area (Å²) in [4.78, 5) is 25.8. The van der Waals surface area contributed by atoms with Crippen molar-refractivity contribution >= 4 is 29.3 Å². The van der Waals surface area contributed by atoms with E-state index in [1.807, 2.05) is 12.1 Å². The van der Waals surface area contributed by atoms with Crippen molar-refractivity contribution in [1.82, 2.24) is 19.8 Å². The Morgan fingerprint density at radius 3 is 2.22 bits per heavy atom. The van der Waals surface area contributed by atoms with Crippen molar-refractivity contribution in [3.05, 3.63) is 59.7 Å². The molecular weight excluding hydrogens is 424 g/mol. The molecule has 168 valence electrons. The number of nitrogens with two attached hydrogens (primary N) is 1. The topological polar surface area (TPSA) is 106 Å². The van der Waals surface area contributed by atoms with Gasteiger partial charge in [0.05, 0.1) is 5.75 Å². The Bertz CT molecular complexity index is 1100. The Morgan fingerprint density at radius 1 is 1.03 bits per heavy atom. The molecule has 0 aliphatic carbocycles. The van der Waals surface area contributed by atoms with E-state index >= 15 is 0 Å². The molecule has 8 nitrogen and oxygen atoms in total. The molecule has 1 heterocycles. The molecule has 3 aromatic rings. The molecule has 0 saturated carbocycles. The Morgan fingerprint density at radius 2 is 1.66 bits per heavy atom. The smallest absolute Gasteiger partial charge is 0.253 e. The van der Waals surface area contributed by atoms with Gasteiger partial charge in [0, 0.05) is 30.9 Å². The largest absolute Gasteiger partial charge is 0.345 e. The van der Waals surface area contributed by atoms with Crippen LogP contribution in [-0.4, -0.2) is 51.4 Å². The summed E-state index contributed by atoms with van der Waals surface area (Å²) in [6.07, 6.45) is 0. The van der Waals surface area contributed by atoms with E-state index in [0.29, 0.717) is 22.2 Å². The maximum atomic E-state index is 12.3. The second-order valence-electron chi connectivity index (χ2n) is 8.62. The number of anilines is 1. The van der Waals surface area contributed by atoms with E-state index in [0.717, 1.165) is 5.56 Å². The summed E-state index contributed by atoms with van der Waals surface area (Å²) in [6, 6.07) is 14.8. The zero-order chi connectivity index (χ0) is 23.5. The average Bonchev–Trinajstić information content (AvgIpc) is 3.12. The Labute approximate surface area is 192 Å². The molecule has 0 aliphatic heterocycles. The number of nitrogens with one attached hydrogen (secondary N) is 1. The summed E-state index contributed by atoms with van der Waals surface area (Å²) in [5.41, 5.74) is 3.30. The van der Waals surface area contributed by atoms with E-state index in [1.54, 1.807) is 38.4 Å². The van der Waals surface area contributed by atoms with Crippen molar-refractivity contribution < 1.29 is 9.59 Å².